The number of aryl methyl sites for hydroxylation is 1. The Balaban J connectivity index is 1.93. The van der Waals surface area contributed by atoms with Crippen molar-refractivity contribution in [1.29, 1.82) is 0 Å². The van der Waals surface area contributed by atoms with E-state index in [1.807, 2.05) is 19.2 Å². The van der Waals surface area contributed by atoms with E-state index < -0.39 is 16.0 Å². The highest BCUT2D eigenvalue weighted by Gasteiger charge is 2.31. The van der Waals surface area contributed by atoms with E-state index in [9.17, 15) is 9.00 Å². The van der Waals surface area contributed by atoms with Crippen molar-refractivity contribution in [3.8, 4) is 0 Å². The average Bonchev–Trinajstić information content (AvgIpc) is 3.12. The molecule has 33 heavy (non-hydrogen) atoms. The second-order valence-corrected chi connectivity index (χ2v) is 11.4. The maximum absolute atomic E-state index is 13.7. The molecule has 0 aliphatic carbocycles. The second kappa shape index (κ2) is 10.4. The summed E-state index contributed by atoms with van der Waals surface area (Å²) in [5.41, 5.74) is 3.85. The van der Waals surface area contributed by atoms with Gasteiger partial charge >= 0.3 is 0 Å². The van der Waals surface area contributed by atoms with Crippen LogP contribution in [-0.4, -0.2) is 51.0 Å². The highest BCUT2D eigenvalue weighted by molar-refractivity contribution is 7.93. The monoisotopic (exact) mass is 474 g/mol. The highest BCUT2D eigenvalue weighted by Crippen LogP contribution is 2.26. The summed E-state index contributed by atoms with van der Waals surface area (Å²) in [5.74, 6) is 0.214. The molecule has 3 rings (SSSR count). The molecular weight excluding hydrogens is 436 g/mol. The molecule has 2 heterocycles. The first-order chi connectivity index (χ1) is 15.5. The lowest BCUT2D eigenvalue weighted by Gasteiger charge is -2.38. The van der Waals surface area contributed by atoms with Crippen molar-refractivity contribution >= 4 is 21.7 Å². The molecule has 1 aromatic heterocycles. The molecule has 2 N–H and O–H groups in total. The van der Waals surface area contributed by atoms with Crippen molar-refractivity contribution < 1.29 is 9.00 Å². The lowest BCUT2D eigenvalue weighted by Crippen LogP contribution is -2.51. The Hall–Kier alpha value is -2.23. The second-order valence-electron chi connectivity index (χ2n) is 9.77. The maximum Gasteiger partial charge on any atom is 0.260 e. The molecule has 0 spiro atoms. The van der Waals surface area contributed by atoms with Crippen LogP contribution in [0.25, 0.3) is 0 Å². The maximum atomic E-state index is 13.7. The molecule has 1 aliphatic rings. The van der Waals surface area contributed by atoms with Crippen LogP contribution in [0.1, 0.15) is 69.1 Å². The fraction of sp³-hybridized carbons (Fsp3) is 0.583. The third-order valence-electron chi connectivity index (χ3n) is 6.12. The van der Waals surface area contributed by atoms with Gasteiger partial charge in [-0.05, 0) is 55.0 Å². The third kappa shape index (κ3) is 6.43. The number of carbonyl (C=O) groups is 1. The van der Waals surface area contributed by atoms with Crippen molar-refractivity contribution in [1.82, 2.24) is 14.7 Å². The number of likely N-dealkylation sites (N-methyl/N-ethyl adjacent to an activating group) is 1. The fourth-order valence-corrected chi connectivity index (χ4v) is 5.78. The largest absolute Gasteiger partial charge is 0.304 e. The first-order valence-electron chi connectivity index (χ1n) is 11.6. The van der Waals surface area contributed by atoms with Gasteiger partial charge in [0.2, 0.25) is 10.1 Å². The molecule has 2 unspecified atom stereocenters. The summed E-state index contributed by atoms with van der Waals surface area (Å²) in [6.07, 6.45) is 5.25. The van der Waals surface area contributed by atoms with Gasteiger partial charge in [-0.25, -0.2) is 9.35 Å². The lowest BCUT2D eigenvalue weighted by molar-refractivity contribution is -0.117. The highest BCUT2D eigenvalue weighted by atomic mass is 32.2. The SMILES string of the molecule is CC(C)c1cc(CC(=O)N=S(N)(=O)N(c2cnn(C)c2)C2CCCN(C)C2)cc(C(C)C)c1. The minimum Gasteiger partial charge on any atom is -0.304 e. The van der Waals surface area contributed by atoms with Crippen LogP contribution >= 0.6 is 0 Å². The normalized spacial score (nSPS) is 19.0. The number of likely N-dealkylation sites (tertiary alicyclic amines) is 1. The van der Waals surface area contributed by atoms with Crippen LogP contribution in [0, 0.1) is 0 Å². The zero-order chi connectivity index (χ0) is 24.3. The summed E-state index contributed by atoms with van der Waals surface area (Å²) in [6, 6.07) is 6.16. The van der Waals surface area contributed by atoms with Crippen LogP contribution in [0.2, 0.25) is 0 Å². The number of aromatic nitrogens is 2. The van der Waals surface area contributed by atoms with E-state index in [0.717, 1.165) is 24.9 Å². The van der Waals surface area contributed by atoms with Crippen LogP contribution in [-0.2, 0) is 28.4 Å². The molecular formula is C24H38N6O2S. The van der Waals surface area contributed by atoms with Gasteiger partial charge in [-0.15, -0.1) is 4.36 Å². The zero-order valence-corrected chi connectivity index (χ0v) is 21.5. The molecule has 2 atom stereocenters. The van der Waals surface area contributed by atoms with Gasteiger partial charge in [0.25, 0.3) is 5.91 Å². The molecule has 1 amide bonds. The van der Waals surface area contributed by atoms with Crippen LogP contribution < -0.4 is 9.44 Å². The molecule has 0 saturated carbocycles. The number of anilines is 1. The Morgan fingerprint density at radius 2 is 1.85 bits per heavy atom. The summed E-state index contributed by atoms with van der Waals surface area (Å²) in [5, 5.41) is 10.5. The first kappa shape index (κ1) is 25.4. The molecule has 0 bridgehead atoms. The van der Waals surface area contributed by atoms with Gasteiger partial charge in [-0.2, -0.15) is 5.10 Å². The van der Waals surface area contributed by atoms with Gasteiger partial charge < -0.3 is 4.90 Å². The zero-order valence-electron chi connectivity index (χ0n) is 20.7. The van der Waals surface area contributed by atoms with Crippen molar-refractivity contribution in [2.45, 2.75) is 64.8 Å². The summed E-state index contributed by atoms with van der Waals surface area (Å²) in [6.45, 7) is 10.2. The van der Waals surface area contributed by atoms with E-state index in [1.54, 1.807) is 28.4 Å². The Morgan fingerprint density at radius 1 is 1.21 bits per heavy atom. The smallest absolute Gasteiger partial charge is 0.260 e. The van der Waals surface area contributed by atoms with E-state index in [0.29, 0.717) is 24.1 Å². The molecule has 9 heteroatoms. The van der Waals surface area contributed by atoms with Gasteiger partial charge in [0.15, 0.2) is 0 Å². The number of benzene rings is 1. The van der Waals surface area contributed by atoms with Gasteiger partial charge in [0.05, 0.1) is 24.3 Å². The van der Waals surface area contributed by atoms with Gasteiger partial charge in [-0.1, -0.05) is 45.9 Å². The average molecular weight is 475 g/mol. The minimum absolute atomic E-state index is 0.0694. The number of nitrogens with two attached hydrogens (primary N) is 1. The number of nitrogens with zero attached hydrogens (tertiary/aromatic N) is 5. The number of piperidine rings is 1. The van der Waals surface area contributed by atoms with E-state index in [4.69, 9.17) is 5.14 Å². The number of rotatable bonds is 7. The lowest BCUT2D eigenvalue weighted by atomic mass is 9.92. The van der Waals surface area contributed by atoms with E-state index in [-0.39, 0.29) is 12.5 Å². The number of carbonyl (C=O) groups excluding carboxylic acids is 1. The molecule has 1 aromatic carbocycles. The molecule has 182 valence electrons. The van der Waals surface area contributed by atoms with Crippen molar-refractivity contribution in [2.24, 2.45) is 16.5 Å². The standard InChI is InChI=1S/C24H38N6O2S/c1-17(2)20-10-19(11-21(13-20)18(3)4)12-24(31)27-33(25,32)30(23-14-26-29(6)16-23)22-8-7-9-28(5)15-22/h10-11,13-14,16-18,22H,7-9,12,15H2,1-6H3,(H2,25,27,31,32). The predicted molar refractivity (Wildman–Crippen MR) is 134 cm³/mol. The molecule has 1 fully saturated rings. The van der Waals surface area contributed by atoms with Crippen LogP contribution in [0.15, 0.2) is 35.0 Å². The van der Waals surface area contributed by atoms with Crippen molar-refractivity contribution in [3.63, 3.8) is 0 Å². The predicted octanol–water partition coefficient (Wildman–Crippen LogP) is 3.59. The third-order valence-corrected chi connectivity index (χ3v) is 7.66. The number of hydrogen-bond acceptors (Lipinski definition) is 4. The Morgan fingerprint density at radius 3 is 2.36 bits per heavy atom. The summed E-state index contributed by atoms with van der Waals surface area (Å²) < 4.78 is 21.0. The van der Waals surface area contributed by atoms with E-state index >= 15 is 0 Å². The summed E-state index contributed by atoms with van der Waals surface area (Å²) in [4.78, 5) is 15.2. The van der Waals surface area contributed by atoms with Gasteiger partial charge in [0.1, 0.15) is 0 Å². The van der Waals surface area contributed by atoms with Gasteiger partial charge in [-0.3, -0.25) is 13.8 Å². The Bertz CT molecular complexity index is 1070. The van der Waals surface area contributed by atoms with Crippen molar-refractivity contribution in [2.75, 3.05) is 24.4 Å². The van der Waals surface area contributed by atoms with Crippen LogP contribution in [0.5, 0.6) is 0 Å². The van der Waals surface area contributed by atoms with E-state index in [2.05, 4.69) is 48.1 Å². The fourth-order valence-electron chi connectivity index (χ4n) is 4.34. The van der Waals surface area contributed by atoms with Crippen LogP contribution in [0.4, 0.5) is 5.69 Å². The van der Waals surface area contributed by atoms with Crippen LogP contribution in [0.3, 0.4) is 0 Å². The Kier molecular flexibility index (Phi) is 7.97. The van der Waals surface area contributed by atoms with E-state index in [1.165, 1.54) is 11.1 Å². The van der Waals surface area contributed by atoms with Crippen molar-refractivity contribution in [3.05, 3.63) is 47.3 Å². The minimum atomic E-state index is -3.48. The van der Waals surface area contributed by atoms with Gasteiger partial charge in [0, 0.05) is 19.8 Å². The number of hydrogen-bond donors (Lipinski definition) is 1. The molecule has 8 nitrogen and oxygen atoms in total. The Labute approximate surface area is 198 Å². The summed E-state index contributed by atoms with van der Waals surface area (Å²) in [7, 11) is 0.346. The topological polar surface area (TPSA) is 96.8 Å². The molecule has 1 saturated heterocycles. The quantitative estimate of drug-likeness (QED) is 0.663. The summed E-state index contributed by atoms with van der Waals surface area (Å²) >= 11 is 0. The first-order valence-corrected chi connectivity index (χ1v) is 13.2. The number of amides is 1. The molecule has 1 aliphatic heterocycles. The molecule has 0 radical (unpaired) electrons. The molecule has 2 aromatic rings.